The first-order valence-corrected chi connectivity index (χ1v) is 6.81. The molecule has 1 aliphatic rings. The van der Waals surface area contributed by atoms with Crippen molar-refractivity contribution in [2.45, 2.75) is 45.1 Å². The summed E-state index contributed by atoms with van der Waals surface area (Å²) in [4.78, 5) is 4.48. The number of methoxy groups -OCH3 is 1. The molecule has 1 heterocycles. The van der Waals surface area contributed by atoms with E-state index >= 15 is 0 Å². The van der Waals surface area contributed by atoms with E-state index < -0.39 is 0 Å². The van der Waals surface area contributed by atoms with Gasteiger partial charge in [0.05, 0.1) is 13.2 Å². The number of hydrogen-bond donors (Lipinski definition) is 1. The van der Waals surface area contributed by atoms with Crippen LogP contribution in [-0.4, -0.2) is 30.4 Å². The van der Waals surface area contributed by atoms with Gasteiger partial charge in [-0.05, 0) is 18.8 Å². The van der Waals surface area contributed by atoms with Crippen molar-refractivity contribution >= 4 is 0 Å². The summed E-state index contributed by atoms with van der Waals surface area (Å²) in [6.45, 7) is 4.44. The number of aromatic nitrogens is 2. The van der Waals surface area contributed by atoms with Crippen LogP contribution in [0.5, 0.6) is 0 Å². The normalized spacial score (nSPS) is 24.3. The summed E-state index contributed by atoms with van der Waals surface area (Å²) in [5, 5.41) is 7.31. The van der Waals surface area contributed by atoms with E-state index in [-0.39, 0.29) is 0 Å². The first-order valence-electron chi connectivity index (χ1n) is 6.81. The molecule has 2 rings (SSSR count). The van der Waals surface area contributed by atoms with Gasteiger partial charge in [-0.15, -0.1) is 0 Å². The minimum atomic E-state index is 0.498. The highest BCUT2D eigenvalue weighted by molar-refractivity contribution is 4.97. The predicted molar refractivity (Wildman–Crippen MR) is 68.3 cm³/mol. The number of nitrogens with zero attached hydrogens (tertiary/aromatic N) is 2. The Morgan fingerprint density at radius 1 is 1.33 bits per heavy atom. The number of ether oxygens (including phenoxy) is 1. The van der Waals surface area contributed by atoms with Gasteiger partial charge >= 0.3 is 0 Å². The van der Waals surface area contributed by atoms with E-state index in [4.69, 9.17) is 9.26 Å². The molecule has 1 fully saturated rings. The van der Waals surface area contributed by atoms with Crippen LogP contribution in [0.25, 0.3) is 0 Å². The van der Waals surface area contributed by atoms with E-state index in [0.29, 0.717) is 25.0 Å². The Hall–Kier alpha value is -0.940. The van der Waals surface area contributed by atoms with Crippen LogP contribution in [0.15, 0.2) is 4.52 Å². The Bertz CT molecular complexity index is 346. The molecular formula is C13H23N3O2. The van der Waals surface area contributed by atoms with E-state index in [1.165, 1.54) is 25.7 Å². The molecule has 0 amide bonds. The molecule has 5 heteroatoms. The van der Waals surface area contributed by atoms with Gasteiger partial charge in [-0.3, -0.25) is 0 Å². The fourth-order valence-corrected chi connectivity index (χ4v) is 2.39. The van der Waals surface area contributed by atoms with Crippen molar-refractivity contribution in [1.29, 1.82) is 0 Å². The molecule has 0 aromatic carbocycles. The molecule has 0 atom stereocenters. The lowest BCUT2D eigenvalue weighted by atomic mass is 9.83. The Kier molecular flexibility index (Phi) is 5.13. The first kappa shape index (κ1) is 13.5. The maximum Gasteiger partial charge on any atom is 0.240 e. The zero-order valence-electron chi connectivity index (χ0n) is 11.3. The summed E-state index contributed by atoms with van der Waals surface area (Å²) in [7, 11) is 1.69. The molecule has 1 aromatic rings. The lowest BCUT2D eigenvalue weighted by molar-refractivity contribution is 0.197. The van der Waals surface area contributed by atoms with Crippen LogP contribution < -0.4 is 5.32 Å². The van der Waals surface area contributed by atoms with Gasteiger partial charge in [0.15, 0.2) is 5.82 Å². The van der Waals surface area contributed by atoms with Crippen molar-refractivity contribution in [3.8, 4) is 0 Å². The molecule has 0 saturated heterocycles. The van der Waals surface area contributed by atoms with E-state index in [1.54, 1.807) is 7.11 Å². The summed E-state index contributed by atoms with van der Waals surface area (Å²) in [6, 6.07) is 0. The minimum absolute atomic E-state index is 0.498. The number of nitrogens with one attached hydrogen (secondary N) is 1. The highest BCUT2D eigenvalue weighted by atomic mass is 16.5. The van der Waals surface area contributed by atoms with Crippen molar-refractivity contribution in [3.63, 3.8) is 0 Å². The quantitative estimate of drug-likeness (QED) is 0.787. The fraction of sp³-hybridized carbons (Fsp3) is 0.846. The molecule has 0 bridgehead atoms. The molecule has 18 heavy (non-hydrogen) atoms. The molecule has 102 valence electrons. The molecule has 0 unspecified atom stereocenters. The zero-order valence-corrected chi connectivity index (χ0v) is 11.3. The van der Waals surface area contributed by atoms with Crippen molar-refractivity contribution in [2.24, 2.45) is 5.92 Å². The van der Waals surface area contributed by atoms with Crippen LogP contribution in [0.1, 0.15) is 50.2 Å². The van der Waals surface area contributed by atoms with Crippen molar-refractivity contribution in [3.05, 3.63) is 11.7 Å². The third-order valence-electron chi connectivity index (χ3n) is 3.62. The molecule has 0 spiro atoms. The second-order valence-electron chi connectivity index (χ2n) is 5.17. The van der Waals surface area contributed by atoms with E-state index in [9.17, 15) is 0 Å². The SMILES string of the molecule is COCCNCc1nc(C2CCC(C)CC2)no1. The average Bonchev–Trinajstić information content (AvgIpc) is 2.84. The average molecular weight is 253 g/mol. The smallest absolute Gasteiger partial charge is 0.240 e. The fourth-order valence-electron chi connectivity index (χ4n) is 2.39. The second-order valence-corrected chi connectivity index (χ2v) is 5.17. The van der Waals surface area contributed by atoms with Gasteiger partial charge in [-0.1, -0.05) is 24.9 Å². The molecule has 1 saturated carbocycles. The topological polar surface area (TPSA) is 60.2 Å². The Morgan fingerprint density at radius 3 is 2.83 bits per heavy atom. The molecule has 1 N–H and O–H groups in total. The van der Waals surface area contributed by atoms with Gasteiger partial charge in [-0.25, -0.2) is 0 Å². The van der Waals surface area contributed by atoms with Crippen LogP contribution in [0.2, 0.25) is 0 Å². The third kappa shape index (κ3) is 3.78. The van der Waals surface area contributed by atoms with E-state index in [0.717, 1.165) is 18.3 Å². The van der Waals surface area contributed by atoms with Gasteiger partial charge in [0.1, 0.15) is 0 Å². The van der Waals surface area contributed by atoms with Crippen molar-refractivity contribution < 1.29 is 9.26 Å². The van der Waals surface area contributed by atoms with Crippen LogP contribution in [0.3, 0.4) is 0 Å². The Morgan fingerprint density at radius 2 is 2.11 bits per heavy atom. The third-order valence-corrected chi connectivity index (χ3v) is 3.62. The van der Waals surface area contributed by atoms with Gasteiger partial charge < -0.3 is 14.6 Å². The standard InChI is InChI=1S/C13H23N3O2/c1-10-3-5-11(6-4-10)13-15-12(18-16-13)9-14-7-8-17-2/h10-11,14H,3-9H2,1-2H3. The number of rotatable bonds is 6. The molecule has 0 radical (unpaired) electrons. The van der Waals surface area contributed by atoms with Crippen molar-refractivity contribution in [1.82, 2.24) is 15.5 Å². The Labute approximate surface area is 108 Å². The molecule has 0 aliphatic heterocycles. The van der Waals surface area contributed by atoms with Crippen molar-refractivity contribution in [2.75, 3.05) is 20.3 Å². The maximum atomic E-state index is 5.26. The summed E-state index contributed by atoms with van der Waals surface area (Å²) in [5.74, 6) is 2.92. The Balaban J connectivity index is 1.78. The summed E-state index contributed by atoms with van der Waals surface area (Å²) < 4.78 is 10.2. The summed E-state index contributed by atoms with van der Waals surface area (Å²) in [5.41, 5.74) is 0. The lowest BCUT2D eigenvalue weighted by Crippen LogP contribution is -2.18. The molecule has 1 aliphatic carbocycles. The van der Waals surface area contributed by atoms with Gasteiger partial charge in [0.25, 0.3) is 0 Å². The van der Waals surface area contributed by atoms with Gasteiger partial charge in [-0.2, -0.15) is 4.98 Å². The monoisotopic (exact) mass is 253 g/mol. The van der Waals surface area contributed by atoms with Crippen LogP contribution in [0.4, 0.5) is 0 Å². The van der Waals surface area contributed by atoms with E-state index in [2.05, 4.69) is 22.4 Å². The second kappa shape index (κ2) is 6.85. The number of hydrogen-bond acceptors (Lipinski definition) is 5. The zero-order chi connectivity index (χ0) is 12.8. The lowest BCUT2D eigenvalue weighted by Gasteiger charge is -2.23. The van der Waals surface area contributed by atoms with Crippen LogP contribution in [-0.2, 0) is 11.3 Å². The summed E-state index contributed by atoms with van der Waals surface area (Å²) >= 11 is 0. The first-order chi connectivity index (χ1) is 8.79. The largest absolute Gasteiger partial charge is 0.383 e. The maximum absolute atomic E-state index is 5.26. The van der Waals surface area contributed by atoms with Crippen LogP contribution >= 0.6 is 0 Å². The molecular weight excluding hydrogens is 230 g/mol. The van der Waals surface area contributed by atoms with Crippen LogP contribution in [0, 0.1) is 5.92 Å². The minimum Gasteiger partial charge on any atom is -0.383 e. The predicted octanol–water partition coefficient (Wildman–Crippen LogP) is 2.10. The summed E-state index contributed by atoms with van der Waals surface area (Å²) in [6.07, 6.45) is 4.94. The highest BCUT2D eigenvalue weighted by Gasteiger charge is 2.23. The highest BCUT2D eigenvalue weighted by Crippen LogP contribution is 2.33. The van der Waals surface area contributed by atoms with E-state index in [1.807, 2.05) is 0 Å². The van der Waals surface area contributed by atoms with Gasteiger partial charge in [0.2, 0.25) is 5.89 Å². The molecule has 1 aromatic heterocycles. The molecule has 5 nitrogen and oxygen atoms in total. The van der Waals surface area contributed by atoms with Gasteiger partial charge in [0, 0.05) is 19.6 Å².